The molecule has 0 amide bonds. The molecule has 1 saturated carbocycles. The van der Waals surface area contributed by atoms with Gasteiger partial charge in [0.1, 0.15) is 0 Å². The lowest BCUT2D eigenvalue weighted by Crippen LogP contribution is -2.33. The molecule has 33 heavy (non-hydrogen) atoms. The summed E-state index contributed by atoms with van der Waals surface area (Å²) in [4.78, 5) is 0. The quantitative estimate of drug-likeness (QED) is 0.354. The number of ether oxygens (including phenoxy) is 2. The van der Waals surface area contributed by atoms with Crippen LogP contribution in [0.2, 0.25) is 0 Å². The minimum absolute atomic E-state index is 0.0280. The number of hydrogen-bond acceptors (Lipinski definition) is 3. The summed E-state index contributed by atoms with van der Waals surface area (Å²) in [5, 5.41) is 3.79. The van der Waals surface area contributed by atoms with E-state index in [2.05, 4.69) is 97.2 Å². The monoisotopic (exact) mass is 441 g/mol. The molecule has 0 spiro atoms. The van der Waals surface area contributed by atoms with Gasteiger partial charge in [-0.2, -0.15) is 0 Å². The molecule has 3 nitrogen and oxygen atoms in total. The fraction of sp³-hybridized carbons (Fsp3) is 0.333. The van der Waals surface area contributed by atoms with E-state index in [1.54, 1.807) is 0 Å². The van der Waals surface area contributed by atoms with Crippen LogP contribution in [0.5, 0.6) is 0 Å². The second-order valence-corrected chi connectivity index (χ2v) is 9.12. The predicted molar refractivity (Wildman–Crippen MR) is 135 cm³/mol. The van der Waals surface area contributed by atoms with Gasteiger partial charge in [0.15, 0.2) is 0 Å². The van der Waals surface area contributed by atoms with E-state index in [1.165, 1.54) is 22.3 Å². The zero-order chi connectivity index (χ0) is 22.8. The zero-order valence-electron chi connectivity index (χ0n) is 19.6. The minimum atomic E-state index is -0.0280. The molecule has 1 atom stereocenters. The van der Waals surface area contributed by atoms with E-state index in [4.69, 9.17) is 9.47 Å². The van der Waals surface area contributed by atoms with Crippen LogP contribution >= 0.6 is 0 Å². The molecular weight excluding hydrogens is 406 g/mol. The van der Waals surface area contributed by atoms with Gasteiger partial charge in [-0.3, -0.25) is 0 Å². The van der Waals surface area contributed by atoms with E-state index < -0.39 is 0 Å². The zero-order valence-corrected chi connectivity index (χ0v) is 19.6. The van der Waals surface area contributed by atoms with Crippen LogP contribution in [-0.4, -0.2) is 19.3 Å². The molecule has 1 aliphatic rings. The largest absolute Gasteiger partial charge is 0.376 e. The van der Waals surface area contributed by atoms with Crippen LogP contribution in [0.4, 0.5) is 0 Å². The number of nitrogens with one attached hydrogen (secondary N) is 1. The van der Waals surface area contributed by atoms with Gasteiger partial charge in [0, 0.05) is 18.0 Å². The molecule has 1 N–H and O–H groups in total. The molecule has 1 fully saturated rings. The van der Waals surface area contributed by atoms with Gasteiger partial charge in [0.25, 0.3) is 0 Å². The summed E-state index contributed by atoms with van der Waals surface area (Å²) in [6.45, 7) is 5.67. The Kier molecular flexibility index (Phi) is 8.48. The third kappa shape index (κ3) is 6.88. The van der Waals surface area contributed by atoms with Crippen molar-refractivity contribution in [2.45, 2.75) is 45.6 Å². The van der Waals surface area contributed by atoms with Crippen molar-refractivity contribution in [2.24, 2.45) is 5.41 Å². The number of rotatable bonds is 11. The van der Waals surface area contributed by atoms with Gasteiger partial charge in [-0.05, 0) is 36.5 Å². The highest BCUT2D eigenvalue weighted by Gasteiger charge is 2.42. The maximum atomic E-state index is 6.28. The maximum absolute atomic E-state index is 6.28. The fourth-order valence-electron chi connectivity index (χ4n) is 4.72. The second-order valence-electron chi connectivity index (χ2n) is 9.12. The Morgan fingerprint density at radius 2 is 1.24 bits per heavy atom. The predicted octanol–water partition coefficient (Wildman–Crippen LogP) is 6.30. The van der Waals surface area contributed by atoms with Crippen LogP contribution in [0, 0.1) is 5.41 Å². The maximum Gasteiger partial charge on any atom is 0.0717 e. The summed E-state index contributed by atoms with van der Waals surface area (Å²) in [5.74, 6) is 0. The van der Waals surface area contributed by atoms with Crippen molar-refractivity contribution in [3.63, 3.8) is 0 Å². The number of allylic oxidation sites excluding steroid dienone is 1. The third-order valence-electron chi connectivity index (χ3n) is 6.47. The van der Waals surface area contributed by atoms with Crippen molar-refractivity contribution in [1.29, 1.82) is 0 Å². The molecule has 3 aromatic carbocycles. The summed E-state index contributed by atoms with van der Waals surface area (Å²) in [7, 11) is 0. The first-order valence-electron chi connectivity index (χ1n) is 11.9. The Balaban J connectivity index is 1.41. The summed E-state index contributed by atoms with van der Waals surface area (Å²) < 4.78 is 12.6. The first kappa shape index (κ1) is 23.4. The molecule has 0 saturated heterocycles. The lowest BCUT2D eigenvalue weighted by Gasteiger charge is -2.29. The first-order valence-corrected chi connectivity index (χ1v) is 11.9. The molecule has 0 aliphatic heterocycles. The van der Waals surface area contributed by atoms with E-state index in [0.29, 0.717) is 32.5 Å². The van der Waals surface area contributed by atoms with Crippen molar-refractivity contribution in [3.05, 3.63) is 119 Å². The van der Waals surface area contributed by atoms with Gasteiger partial charge in [-0.1, -0.05) is 103 Å². The second kappa shape index (κ2) is 11.9. The average Bonchev–Trinajstić information content (AvgIpc) is 3.22. The van der Waals surface area contributed by atoms with Gasteiger partial charge in [-0.15, -0.1) is 0 Å². The van der Waals surface area contributed by atoms with Crippen LogP contribution < -0.4 is 5.32 Å². The highest BCUT2D eigenvalue weighted by molar-refractivity contribution is 5.22. The molecule has 1 unspecified atom stereocenters. The topological polar surface area (TPSA) is 30.5 Å². The molecule has 172 valence electrons. The van der Waals surface area contributed by atoms with Crippen LogP contribution in [0.1, 0.15) is 36.5 Å². The smallest absolute Gasteiger partial charge is 0.0717 e. The highest BCUT2D eigenvalue weighted by Crippen LogP contribution is 2.43. The van der Waals surface area contributed by atoms with E-state index in [9.17, 15) is 0 Å². The molecule has 0 heterocycles. The summed E-state index contributed by atoms with van der Waals surface area (Å²) in [5.41, 5.74) is 5.16. The molecule has 1 aliphatic carbocycles. The Hall–Kier alpha value is -2.72. The fourth-order valence-corrected chi connectivity index (χ4v) is 4.72. The Morgan fingerprint density at radius 3 is 1.73 bits per heavy atom. The molecule has 3 aromatic rings. The SMILES string of the molecule is C/C=C1\CC(COCc2ccccc2)(COCc2ccccc2)CC1NCc1ccccc1. The molecule has 0 bridgehead atoms. The lowest BCUT2D eigenvalue weighted by molar-refractivity contribution is -0.0297. The van der Waals surface area contributed by atoms with Crippen molar-refractivity contribution in [2.75, 3.05) is 13.2 Å². The van der Waals surface area contributed by atoms with Crippen molar-refractivity contribution >= 4 is 0 Å². The van der Waals surface area contributed by atoms with Crippen molar-refractivity contribution in [3.8, 4) is 0 Å². The number of benzene rings is 3. The van der Waals surface area contributed by atoms with Crippen molar-refractivity contribution < 1.29 is 9.47 Å². The van der Waals surface area contributed by atoms with E-state index in [-0.39, 0.29) is 5.41 Å². The summed E-state index contributed by atoms with van der Waals surface area (Å²) in [6.07, 6.45) is 4.29. The van der Waals surface area contributed by atoms with Crippen LogP contribution in [0.3, 0.4) is 0 Å². The molecular formula is C30H35NO2. The minimum Gasteiger partial charge on any atom is -0.376 e. The summed E-state index contributed by atoms with van der Waals surface area (Å²) in [6, 6.07) is 31.8. The van der Waals surface area contributed by atoms with Crippen LogP contribution in [0.25, 0.3) is 0 Å². The standard InChI is InChI=1S/C30H35NO2/c1-2-28-18-30(23-32-21-26-14-8-4-9-15-26,24-33-22-27-16-10-5-11-17-27)19-29(28)31-20-25-12-6-3-7-13-25/h2-17,29,31H,18-24H2,1H3/b28-2+. The highest BCUT2D eigenvalue weighted by atomic mass is 16.5. The van der Waals surface area contributed by atoms with E-state index in [0.717, 1.165) is 19.4 Å². The van der Waals surface area contributed by atoms with Gasteiger partial charge in [0.2, 0.25) is 0 Å². The molecule has 4 rings (SSSR count). The van der Waals surface area contributed by atoms with Crippen molar-refractivity contribution in [1.82, 2.24) is 5.32 Å². The van der Waals surface area contributed by atoms with E-state index in [1.807, 2.05) is 12.1 Å². The van der Waals surface area contributed by atoms with Gasteiger partial charge in [-0.25, -0.2) is 0 Å². The average molecular weight is 442 g/mol. The third-order valence-corrected chi connectivity index (χ3v) is 6.47. The molecule has 0 aromatic heterocycles. The van der Waals surface area contributed by atoms with E-state index >= 15 is 0 Å². The molecule has 3 heteroatoms. The Labute approximate surface area is 198 Å². The summed E-state index contributed by atoms with van der Waals surface area (Å²) >= 11 is 0. The van der Waals surface area contributed by atoms with Gasteiger partial charge in [0.05, 0.1) is 26.4 Å². The Bertz CT molecular complexity index is 940. The van der Waals surface area contributed by atoms with Gasteiger partial charge < -0.3 is 14.8 Å². The normalized spacial score (nSPS) is 18.6. The number of hydrogen-bond donors (Lipinski definition) is 1. The van der Waals surface area contributed by atoms with Crippen LogP contribution in [0.15, 0.2) is 103 Å². The Morgan fingerprint density at radius 1 is 0.758 bits per heavy atom. The molecule has 0 radical (unpaired) electrons. The van der Waals surface area contributed by atoms with Crippen LogP contribution in [-0.2, 0) is 29.2 Å². The van der Waals surface area contributed by atoms with Gasteiger partial charge >= 0.3 is 0 Å². The first-order chi connectivity index (χ1) is 16.3. The lowest BCUT2D eigenvalue weighted by atomic mass is 9.87.